The SMILES string of the molecule is Nc1ccc(OCCS(=O)(=O)Nc2ccc(Br)cn2)cc1. The van der Waals surface area contributed by atoms with E-state index in [1.54, 1.807) is 36.4 Å². The Labute approximate surface area is 131 Å². The van der Waals surface area contributed by atoms with Gasteiger partial charge in [0, 0.05) is 16.4 Å². The second-order valence-electron chi connectivity index (χ2n) is 4.20. The van der Waals surface area contributed by atoms with Gasteiger partial charge in [0.15, 0.2) is 0 Å². The first-order valence-corrected chi connectivity index (χ1v) is 8.49. The second kappa shape index (κ2) is 6.77. The van der Waals surface area contributed by atoms with Gasteiger partial charge >= 0.3 is 0 Å². The van der Waals surface area contributed by atoms with Crippen molar-refractivity contribution in [2.24, 2.45) is 0 Å². The van der Waals surface area contributed by atoms with Crippen molar-refractivity contribution in [3.05, 3.63) is 47.1 Å². The lowest BCUT2D eigenvalue weighted by Crippen LogP contribution is -2.21. The molecule has 0 atom stereocenters. The Kier molecular flexibility index (Phi) is 5.03. The van der Waals surface area contributed by atoms with Gasteiger partial charge in [-0.3, -0.25) is 4.72 Å². The van der Waals surface area contributed by atoms with Gasteiger partial charge in [0.05, 0.1) is 0 Å². The van der Waals surface area contributed by atoms with Crippen molar-refractivity contribution in [2.45, 2.75) is 0 Å². The van der Waals surface area contributed by atoms with E-state index in [1.165, 1.54) is 6.20 Å². The molecule has 0 fully saturated rings. The average molecular weight is 372 g/mol. The standard InChI is InChI=1S/C13H14BrN3O3S/c14-10-1-6-13(16-9-10)17-21(18,19)8-7-20-12-4-2-11(15)3-5-12/h1-6,9H,7-8,15H2,(H,16,17). The van der Waals surface area contributed by atoms with E-state index in [0.29, 0.717) is 11.4 Å². The number of sulfonamides is 1. The molecule has 0 saturated heterocycles. The van der Waals surface area contributed by atoms with Crippen LogP contribution >= 0.6 is 15.9 Å². The van der Waals surface area contributed by atoms with Crippen molar-refractivity contribution in [2.75, 3.05) is 22.8 Å². The van der Waals surface area contributed by atoms with Crippen molar-refractivity contribution in [3.8, 4) is 5.75 Å². The molecule has 1 heterocycles. The van der Waals surface area contributed by atoms with Crippen molar-refractivity contribution in [1.29, 1.82) is 0 Å². The summed E-state index contributed by atoms with van der Waals surface area (Å²) in [6, 6.07) is 10.0. The molecule has 112 valence electrons. The number of nitrogens with two attached hydrogens (primary N) is 1. The highest BCUT2D eigenvalue weighted by atomic mass is 79.9. The number of benzene rings is 1. The van der Waals surface area contributed by atoms with Gasteiger partial charge in [-0.1, -0.05) is 0 Å². The molecule has 6 nitrogen and oxygen atoms in total. The van der Waals surface area contributed by atoms with E-state index >= 15 is 0 Å². The van der Waals surface area contributed by atoms with Crippen molar-refractivity contribution in [3.63, 3.8) is 0 Å². The van der Waals surface area contributed by atoms with Crippen molar-refractivity contribution < 1.29 is 13.2 Å². The molecule has 0 amide bonds. The number of nitrogen functional groups attached to an aromatic ring is 1. The summed E-state index contributed by atoms with van der Waals surface area (Å²) in [6.45, 7) is 0.0375. The lowest BCUT2D eigenvalue weighted by molar-refractivity contribution is 0.341. The molecule has 1 aromatic carbocycles. The predicted octanol–water partition coefficient (Wildman–Crippen LogP) is 2.25. The van der Waals surface area contributed by atoms with Crippen molar-refractivity contribution >= 4 is 37.5 Å². The van der Waals surface area contributed by atoms with E-state index in [2.05, 4.69) is 25.6 Å². The van der Waals surface area contributed by atoms with Crippen LogP contribution in [0.3, 0.4) is 0 Å². The Balaban J connectivity index is 1.86. The molecule has 2 aromatic rings. The zero-order chi connectivity index (χ0) is 15.3. The summed E-state index contributed by atoms with van der Waals surface area (Å²) in [5, 5.41) is 0. The number of aromatic nitrogens is 1. The highest BCUT2D eigenvalue weighted by Crippen LogP contribution is 2.14. The third-order valence-corrected chi connectivity index (χ3v) is 4.18. The van der Waals surface area contributed by atoms with E-state index < -0.39 is 10.0 Å². The van der Waals surface area contributed by atoms with Gasteiger partial charge in [-0.15, -0.1) is 0 Å². The number of anilines is 2. The number of hydrogen-bond donors (Lipinski definition) is 2. The number of nitrogens with one attached hydrogen (secondary N) is 1. The first-order chi connectivity index (χ1) is 9.94. The molecule has 0 bridgehead atoms. The van der Waals surface area contributed by atoms with Gasteiger partial charge in [0.25, 0.3) is 0 Å². The summed E-state index contributed by atoms with van der Waals surface area (Å²) in [4.78, 5) is 3.95. The van der Waals surface area contributed by atoms with Gasteiger partial charge in [-0.2, -0.15) is 0 Å². The zero-order valence-corrected chi connectivity index (χ0v) is 13.4. The molecule has 2 rings (SSSR count). The highest BCUT2D eigenvalue weighted by molar-refractivity contribution is 9.10. The third kappa shape index (κ3) is 5.24. The van der Waals surface area contributed by atoms with E-state index in [0.717, 1.165) is 4.47 Å². The predicted molar refractivity (Wildman–Crippen MR) is 85.7 cm³/mol. The Hall–Kier alpha value is -1.80. The van der Waals surface area contributed by atoms with Crippen LogP contribution in [0, 0.1) is 0 Å². The molecule has 8 heteroatoms. The monoisotopic (exact) mass is 371 g/mol. The zero-order valence-electron chi connectivity index (χ0n) is 11.0. The third-order valence-electron chi connectivity index (χ3n) is 2.49. The molecule has 3 N–H and O–H groups in total. The van der Waals surface area contributed by atoms with Crippen LogP contribution in [-0.2, 0) is 10.0 Å². The first-order valence-electron chi connectivity index (χ1n) is 6.05. The lowest BCUT2D eigenvalue weighted by atomic mass is 10.3. The first kappa shape index (κ1) is 15.6. The molecule has 0 radical (unpaired) electrons. The molecular weight excluding hydrogens is 358 g/mol. The van der Waals surface area contributed by atoms with Crippen LogP contribution < -0.4 is 15.2 Å². The van der Waals surface area contributed by atoms with E-state index in [9.17, 15) is 8.42 Å². The van der Waals surface area contributed by atoms with Gasteiger partial charge < -0.3 is 10.5 Å². The van der Waals surface area contributed by atoms with Crippen LogP contribution in [0.1, 0.15) is 0 Å². The molecule has 21 heavy (non-hydrogen) atoms. The summed E-state index contributed by atoms with van der Waals surface area (Å²) in [5.41, 5.74) is 6.17. The van der Waals surface area contributed by atoms with Gasteiger partial charge in [0.1, 0.15) is 23.9 Å². The number of nitrogens with zero attached hydrogens (tertiary/aromatic N) is 1. The molecular formula is C13H14BrN3O3S. The molecule has 1 aromatic heterocycles. The van der Waals surface area contributed by atoms with Gasteiger partial charge in [-0.05, 0) is 52.3 Å². The topological polar surface area (TPSA) is 94.3 Å². The smallest absolute Gasteiger partial charge is 0.237 e. The van der Waals surface area contributed by atoms with Gasteiger partial charge in [0.2, 0.25) is 10.0 Å². The Morgan fingerprint density at radius 1 is 1.19 bits per heavy atom. The fraction of sp³-hybridized carbons (Fsp3) is 0.154. The number of halogens is 1. The van der Waals surface area contributed by atoms with E-state index in [4.69, 9.17) is 10.5 Å². The maximum atomic E-state index is 11.9. The fourth-order valence-corrected chi connectivity index (χ4v) is 2.56. The highest BCUT2D eigenvalue weighted by Gasteiger charge is 2.11. The van der Waals surface area contributed by atoms with Crippen molar-refractivity contribution in [1.82, 2.24) is 4.98 Å². The largest absolute Gasteiger partial charge is 0.492 e. The minimum Gasteiger partial charge on any atom is -0.492 e. The fourth-order valence-electron chi connectivity index (χ4n) is 1.48. The minimum absolute atomic E-state index is 0.0375. The normalized spacial score (nSPS) is 11.1. The molecule has 0 aliphatic carbocycles. The maximum absolute atomic E-state index is 11.9. The second-order valence-corrected chi connectivity index (χ2v) is 6.96. The summed E-state index contributed by atoms with van der Waals surface area (Å²) >= 11 is 3.23. The van der Waals surface area contributed by atoms with Crippen LogP contribution in [0.5, 0.6) is 5.75 Å². The van der Waals surface area contributed by atoms with Gasteiger partial charge in [-0.25, -0.2) is 13.4 Å². The minimum atomic E-state index is -3.50. The summed E-state index contributed by atoms with van der Waals surface area (Å²) in [7, 11) is -3.50. The summed E-state index contributed by atoms with van der Waals surface area (Å²) in [5.74, 6) is 0.668. The number of ether oxygens (including phenoxy) is 1. The van der Waals surface area contributed by atoms with Crippen LogP contribution in [0.15, 0.2) is 47.1 Å². The van der Waals surface area contributed by atoms with E-state index in [1.807, 2.05) is 0 Å². The van der Waals surface area contributed by atoms with Crippen LogP contribution in [0.25, 0.3) is 0 Å². The number of rotatable bonds is 6. The van der Waals surface area contributed by atoms with Crippen LogP contribution in [0.2, 0.25) is 0 Å². The lowest BCUT2D eigenvalue weighted by Gasteiger charge is -2.09. The molecule has 0 aliphatic rings. The molecule has 0 aliphatic heterocycles. The maximum Gasteiger partial charge on any atom is 0.237 e. The summed E-state index contributed by atoms with van der Waals surface area (Å²) in [6.07, 6.45) is 1.52. The van der Waals surface area contributed by atoms with Crippen LogP contribution in [0.4, 0.5) is 11.5 Å². The number of pyridine rings is 1. The quantitative estimate of drug-likeness (QED) is 0.759. The molecule has 0 spiro atoms. The Morgan fingerprint density at radius 3 is 2.52 bits per heavy atom. The molecule has 0 saturated carbocycles. The average Bonchev–Trinajstić information content (AvgIpc) is 2.43. The number of hydrogen-bond acceptors (Lipinski definition) is 5. The Bertz CT molecular complexity index is 688. The van der Waals surface area contributed by atoms with Crippen LogP contribution in [-0.4, -0.2) is 25.8 Å². The summed E-state index contributed by atoms with van der Waals surface area (Å²) < 4.78 is 32.2. The molecule has 0 unspecified atom stereocenters. The Morgan fingerprint density at radius 2 is 1.90 bits per heavy atom. The van der Waals surface area contributed by atoms with E-state index in [-0.39, 0.29) is 18.2 Å².